The van der Waals surface area contributed by atoms with E-state index in [2.05, 4.69) is 0 Å². The van der Waals surface area contributed by atoms with Gasteiger partial charge in [-0.15, -0.1) is 0 Å². The third kappa shape index (κ3) is 1.27. The van der Waals surface area contributed by atoms with Crippen molar-refractivity contribution in [1.29, 1.82) is 0 Å². The summed E-state index contributed by atoms with van der Waals surface area (Å²) in [4.78, 5) is 10.7. The van der Waals surface area contributed by atoms with Crippen LogP contribution < -0.4 is 0 Å². The monoisotopic (exact) mass is 146 g/mol. The predicted octanol–water partition coefficient (Wildman–Crippen LogP) is -0.345. The van der Waals surface area contributed by atoms with Crippen molar-refractivity contribution in [2.24, 2.45) is 0 Å². The molecule has 0 amide bonds. The van der Waals surface area contributed by atoms with Crippen molar-refractivity contribution in [3.05, 3.63) is 0 Å². The lowest BCUT2D eigenvalue weighted by Gasteiger charge is -2.28. The van der Waals surface area contributed by atoms with E-state index in [1.54, 1.807) is 6.92 Å². The molecule has 0 aromatic rings. The molecule has 3 atom stereocenters. The zero-order valence-corrected chi connectivity index (χ0v) is 5.90. The van der Waals surface area contributed by atoms with Crippen LogP contribution in [-0.2, 0) is 14.3 Å². The smallest absolute Gasteiger partial charge is 0.335 e. The summed E-state index contributed by atoms with van der Waals surface area (Å²) in [5, 5.41) is 8.97. The van der Waals surface area contributed by atoms with Crippen LogP contribution in [-0.4, -0.2) is 29.6 Å². The summed E-state index contributed by atoms with van der Waals surface area (Å²) in [6.07, 6.45) is -2.18. The second-order valence-electron chi connectivity index (χ2n) is 2.31. The van der Waals surface area contributed by atoms with Crippen LogP contribution >= 0.6 is 0 Å². The fourth-order valence-corrected chi connectivity index (χ4v) is 0.713. The summed E-state index contributed by atoms with van der Waals surface area (Å²) in [6, 6.07) is 0. The first-order valence-corrected chi connectivity index (χ1v) is 3.15. The van der Waals surface area contributed by atoms with Gasteiger partial charge in [0.15, 0.2) is 12.4 Å². The number of hydrogen-bond donors (Lipinski definition) is 1. The van der Waals surface area contributed by atoms with Gasteiger partial charge in [-0.1, -0.05) is 0 Å². The number of carbonyl (C=O) groups is 1. The molecule has 1 aliphatic heterocycles. The van der Waals surface area contributed by atoms with Crippen molar-refractivity contribution in [3.8, 4) is 0 Å². The quantitative estimate of drug-likeness (QED) is 0.475. The van der Waals surface area contributed by atoms with Gasteiger partial charge < -0.3 is 14.6 Å². The van der Waals surface area contributed by atoms with E-state index in [0.717, 1.165) is 0 Å². The van der Waals surface area contributed by atoms with Gasteiger partial charge in [0.2, 0.25) is 0 Å². The van der Waals surface area contributed by atoms with Gasteiger partial charge in [-0.25, -0.2) is 4.79 Å². The highest BCUT2D eigenvalue weighted by molar-refractivity contribution is 5.74. The Morgan fingerprint density at radius 1 is 1.50 bits per heavy atom. The number of hydrogen-bond acceptors (Lipinski definition) is 4. The molecule has 1 rings (SSSR count). The number of cyclic esters (lactones) is 1. The molecule has 0 spiro atoms. The minimum absolute atomic E-state index is 0.419. The molecule has 4 nitrogen and oxygen atoms in total. The zero-order chi connectivity index (χ0) is 7.72. The first-order chi connectivity index (χ1) is 4.61. The molecular weight excluding hydrogens is 136 g/mol. The van der Waals surface area contributed by atoms with Crippen LogP contribution in [0.3, 0.4) is 0 Å². The average Bonchev–Trinajstić information content (AvgIpc) is 1.84. The van der Waals surface area contributed by atoms with Crippen molar-refractivity contribution in [3.63, 3.8) is 0 Å². The van der Waals surface area contributed by atoms with E-state index in [-0.39, 0.29) is 0 Å². The third-order valence-electron chi connectivity index (χ3n) is 1.38. The largest absolute Gasteiger partial charge is 0.455 e. The number of aliphatic hydroxyl groups excluding tert-OH is 1. The summed E-state index contributed by atoms with van der Waals surface area (Å²) in [5.74, 6) is -0.419. The van der Waals surface area contributed by atoms with E-state index in [1.165, 1.54) is 6.92 Å². The Hall–Kier alpha value is -0.610. The summed E-state index contributed by atoms with van der Waals surface area (Å²) in [5.41, 5.74) is 0. The highest BCUT2D eigenvalue weighted by Gasteiger charge is 2.31. The molecule has 4 heteroatoms. The van der Waals surface area contributed by atoms with Crippen LogP contribution in [0.25, 0.3) is 0 Å². The molecule has 1 aliphatic rings. The second kappa shape index (κ2) is 2.56. The van der Waals surface area contributed by atoms with Gasteiger partial charge in [0.1, 0.15) is 6.10 Å². The Morgan fingerprint density at radius 3 is 2.60 bits per heavy atom. The molecule has 1 saturated heterocycles. The molecule has 58 valence electrons. The molecule has 0 aromatic carbocycles. The van der Waals surface area contributed by atoms with Crippen LogP contribution in [0.15, 0.2) is 0 Å². The van der Waals surface area contributed by atoms with Gasteiger partial charge >= 0.3 is 5.97 Å². The van der Waals surface area contributed by atoms with E-state index in [0.29, 0.717) is 0 Å². The second-order valence-corrected chi connectivity index (χ2v) is 2.31. The molecule has 0 aliphatic carbocycles. The van der Waals surface area contributed by atoms with Crippen molar-refractivity contribution in [2.45, 2.75) is 32.3 Å². The van der Waals surface area contributed by atoms with Crippen molar-refractivity contribution < 1.29 is 19.4 Å². The molecule has 1 heterocycles. The lowest BCUT2D eigenvalue weighted by Crippen LogP contribution is -2.43. The third-order valence-corrected chi connectivity index (χ3v) is 1.38. The summed E-state index contributed by atoms with van der Waals surface area (Å²) < 4.78 is 9.49. The van der Waals surface area contributed by atoms with E-state index >= 15 is 0 Å². The first-order valence-electron chi connectivity index (χ1n) is 3.15. The standard InChI is InChI=1S/C6H10O4/c1-3-5(7)10-4(2)6(8)9-3/h3-5,7H,1-2H3/t3-,4-,5?/m1/s1. The Balaban J connectivity index is 2.54. The fraction of sp³-hybridized carbons (Fsp3) is 0.833. The van der Waals surface area contributed by atoms with E-state index in [1.807, 2.05) is 0 Å². The summed E-state index contributed by atoms with van der Waals surface area (Å²) in [6.45, 7) is 3.12. The van der Waals surface area contributed by atoms with Crippen LogP contribution in [0.1, 0.15) is 13.8 Å². The molecule has 1 unspecified atom stereocenters. The maximum Gasteiger partial charge on any atom is 0.335 e. The van der Waals surface area contributed by atoms with Crippen LogP contribution in [0, 0.1) is 0 Å². The minimum Gasteiger partial charge on any atom is -0.455 e. The van der Waals surface area contributed by atoms with Crippen LogP contribution in [0.2, 0.25) is 0 Å². The number of rotatable bonds is 0. The molecule has 0 aromatic heterocycles. The Morgan fingerprint density at radius 2 is 2.10 bits per heavy atom. The molecule has 0 radical (unpaired) electrons. The van der Waals surface area contributed by atoms with Gasteiger partial charge in [0.25, 0.3) is 0 Å². The van der Waals surface area contributed by atoms with Gasteiger partial charge in [-0.2, -0.15) is 0 Å². The van der Waals surface area contributed by atoms with E-state index < -0.39 is 24.5 Å². The SMILES string of the molecule is C[C@H]1OC(O)[C@@H](C)OC1=O. The van der Waals surface area contributed by atoms with Gasteiger partial charge in [0, 0.05) is 0 Å². The number of esters is 1. The molecule has 1 N–H and O–H groups in total. The maximum absolute atomic E-state index is 10.7. The van der Waals surface area contributed by atoms with Crippen LogP contribution in [0.5, 0.6) is 0 Å². The van der Waals surface area contributed by atoms with Crippen molar-refractivity contribution in [1.82, 2.24) is 0 Å². The molecule has 1 fully saturated rings. The topological polar surface area (TPSA) is 55.8 Å². The van der Waals surface area contributed by atoms with Gasteiger partial charge in [-0.05, 0) is 13.8 Å². The van der Waals surface area contributed by atoms with Crippen LogP contribution in [0.4, 0.5) is 0 Å². The highest BCUT2D eigenvalue weighted by atomic mass is 16.7. The average molecular weight is 146 g/mol. The minimum atomic E-state index is -0.979. The van der Waals surface area contributed by atoms with Gasteiger partial charge in [0.05, 0.1) is 0 Å². The Kier molecular flexibility index (Phi) is 1.92. The lowest BCUT2D eigenvalue weighted by molar-refractivity contribution is -0.239. The maximum atomic E-state index is 10.7. The number of carbonyl (C=O) groups excluding carboxylic acids is 1. The molecule has 0 saturated carbocycles. The lowest BCUT2D eigenvalue weighted by atomic mass is 10.3. The van der Waals surface area contributed by atoms with E-state index in [4.69, 9.17) is 14.6 Å². The summed E-state index contributed by atoms with van der Waals surface area (Å²) >= 11 is 0. The molecular formula is C6H10O4. The predicted molar refractivity (Wildman–Crippen MR) is 32.1 cm³/mol. The number of ether oxygens (including phenoxy) is 2. The Labute approximate surface area is 58.7 Å². The van der Waals surface area contributed by atoms with Crippen molar-refractivity contribution in [2.75, 3.05) is 0 Å². The highest BCUT2D eigenvalue weighted by Crippen LogP contribution is 2.12. The van der Waals surface area contributed by atoms with Crippen molar-refractivity contribution >= 4 is 5.97 Å². The number of aliphatic hydroxyl groups is 1. The normalized spacial score (nSPS) is 41.1. The fourth-order valence-electron chi connectivity index (χ4n) is 0.713. The molecule has 10 heavy (non-hydrogen) atoms. The Bertz CT molecular complexity index is 145. The van der Waals surface area contributed by atoms with Gasteiger partial charge in [-0.3, -0.25) is 0 Å². The molecule has 0 bridgehead atoms. The first kappa shape index (κ1) is 7.50. The zero-order valence-electron chi connectivity index (χ0n) is 5.90. The summed E-state index contributed by atoms with van der Waals surface area (Å²) in [7, 11) is 0. The van der Waals surface area contributed by atoms with E-state index in [9.17, 15) is 4.79 Å².